The van der Waals surface area contributed by atoms with Crippen molar-refractivity contribution in [3.8, 4) is 0 Å². The fourth-order valence-electron chi connectivity index (χ4n) is 3.05. The molecule has 2 fully saturated rings. The average Bonchev–Trinajstić information content (AvgIpc) is 2.41. The van der Waals surface area contributed by atoms with Crippen molar-refractivity contribution in [3.05, 3.63) is 0 Å². The van der Waals surface area contributed by atoms with Crippen molar-refractivity contribution >= 4 is 11.8 Å². The van der Waals surface area contributed by atoms with Crippen LogP contribution in [0, 0.1) is 5.41 Å². The lowest BCUT2D eigenvalue weighted by molar-refractivity contribution is -0.140. The molecule has 1 heterocycles. The number of nitrogens with one attached hydrogen (secondary N) is 2. The molecule has 1 saturated heterocycles. The van der Waals surface area contributed by atoms with Crippen LogP contribution < -0.4 is 10.6 Å². The molecule has 2 N–H and O–H groups in total. The maximum atomic E-state index is 12.5. The predicted molar refractivity (Wildman–Crippen MR) is 70.0 cm³/mol. The Morgan fingerprint density at radius 1 is 1.39 bits per heavy atom. The maximum absolute atomic E-state index is 12.5. The monoisotopic (exact) mass is 252 g/mol. The number of hydrogen-bond donors (Lipinski definition) is 2. The number of rotatable bonds is 5. The smallest absolute Gasteiger partial charge is 0.244 e. The Morgan fingerprint density at radius 2 is 2.11 bits per heavy atom. The summed E-state index contributed by atoms with van der Waals surface area (Å²) < 4.78 is 0. The topological polar surface area (TPSA) is 58.2 Å². The number of carbonyl (C=O) groups is 2. The zero-order valence-corrected chi connectivity index (χ0v) is 11.3. The van der Waals surface area contributed by atoms with E-state index in [1.165, 1.54) is 6.42 Å². The van der Waals surface area contributed by atoms with E-state index in [-0.39, 0.29) is 23.3 Å². The number of unbranched alkanes of at least 4 members (excludes halogenated alkanes) is 1. The summed E-state index contributed by atoms with van der Waals surface area (Å²) in [5.74, 6) is 0.0836. The van der Waals surface area contributed by atoms with Crippen molar-refractivity contribution in [2.75, 3.05) is 6.54 Å². The standard InChI is InChI=1S/C14H24N2O2/c1-2-3-7-14(8-5-4-6-9-14)13(18)16-11-10-15-12(11)17/h11H,2-10H2,1H3,(H,15,17)(H,16,18)/t11-/m0/s1. The van der Waals surface area contributed by atoms with Crippen LogP contribution in [0.3, 0.4) is 0 Å². The van der Waals surface area contributed by atoms with Gasteiger partial charge in [-0.2, -0.15) is 0 Å². The van der Waals surface area contributed by atoms with Gasteiger partial charge in [-0.1, -0.05) is 39.0 Å². The Morgan fingerprint density at radius 3 is 2.61 bits per heavy atom. The Kier molecular flexibility index (Phi) is 4.25. The van der Waals surface area contributed by atoms with Crippen LogP contribution in [0.25, 0.3) is 0 Å². The van der Waals surface area contributed by atoms with Gasteiger partial charge in [0.25, 0.3) is 0 Å². The minimum Gasteiger partial charge on any atom is -0.352 e. The molecule has 0 aromatic rings. The maximum Gasteiger partial charge on any atom is 0.244 e. The summed E-state index contributed by atoms with van der Waals surface area (Å²) in [7, 11) is 0. The Hall–Kier alpha value is -1.06. The summed E-state index contributed by atoms with van der Waals surface area (Å²) >= 11 is 0. The van der Waals surface area contributed by atoms with Gasteiger partial charge in [0.15, 0.2) is 0 Å². The van der Waals surface area contributed by atoms with Gasteiger partial charge >= 0.3 is 0 Å². The van der Waals surface area contributed by atoms with Crippen molar-refractivity contribution < 1.29 is 9.59 Å². The molecule has 0 unspecified atom stereocenters. The summed E-state index contributed by atoms with van der Waals surface area (Å²) in [5, 5.41) is 5.60. The van der Waals surface area contributed by atoms with Crippen LogP contribution in [-0.2, 0) is 9.59 Å². The molecule has 0 bridgehead atoms. The second-order valence-corrected chi connectivity index (χ2v) is 5.72. The first kappa shape index (κ1) is 13.4. The van der Waals surface area contributed by atoms with Crippen LogP contribution in [0.1, 0.15) is 58.3 Å². The summed E-state index contributed by atoms with van der Waals surface area (Å²) in [4.78, 5) is 23.7. The number of hydrogen-bond acceptors (Lipinski definition) is 2. The lowest BCUT2D eigenvalue weighted by Crippen LogP contribution is -2.63. The first-order chi connectivity index (χ1) is 8.68. The SMILES string of the molecule is CCCCC1(C(=O)N[C@H]2CNC2=O)CCCCC1. The third kappa shape index (κ3) is 2.68. The van der Waals surface area contributed by atoms with E-state index in [0.29, 0.717) is 6.54 Å². The molecular formula is C14H24N2O2. The summed E-state index contributed by atoms with van der Waals surface area (Å²) in [6.07, 6.45) is 8.72. The minimum atomic E-state index is -0.280. The summed E-state index contributed by atoms with van der Waals surface area (Å²) in [6, 6.07) is -0.280. The third-order valence-corrected chi connectivity index (χ3v) is 4.40. The second-order valence-electron chi connectivity index (χ2n) is 5.72. The largest absolute Gasteiger partial charge is 0.352 e. The Labute approximate surface area is 109 Å². The average molecular weight is 252 g/mol. The molecule has 1 atom stereocenters. The molecule has 1 aliphatic heterocycles. The highest BCUT2D eigenvalue weighted by Crippen LogP contribution is 2.41. The van der Waals surface area contributed by atoms with Gasteiger partial charge in [0.2, 0.25) is 11.8 Å². The fourth-order valence-corrected chi connectivity index (χ4v) is 3.05. The van der Waals surface area contributed by atoms with Crippen molar-refractivity contribution in [2.45, 2.75) is 64.3 Å². The molecule has 4 nitrogen and oxygen atoms in total. The molecule has 102 valence electrons. The van der Waals surface area contributed by atoms with E-state index in [1.807, 2.05) is 0 Å². The molecule has 1 saturated carbocycles. The van der Waals surface area contributed by atoms with Gasteiger partial charge in [-0.3, -0.25) is 9.59 Å². The van der Waals surface area contributed by atoms with E-state index in [4.69, 9.17) is 0 Å². The van der Waals surface area contributed by atoms with Crippen LogP contribution in [0.5, 0.6) is 0 Å². The van der Waals surface area contributed by atoms with E-state index >= 15 is 0 Å². The number of β-lactam (4-membered cyclic amide) rings is 1. The first-order valence-corrected chi connectivity index (χ1v) is 7.27. The summed E-state index contributed by atoms with van der Waals surface area (Å²) in [5.41, 5.74) is -0.190. The van der Waals surface area contributed by atoms with Crippen LogP contribution in [0.4, 0.5) is 0 Å². The highest BCUT2D eigenvalue weighted by Gasteiger charge is 2.41. The van der Waals surface area contributed by atoms with E-state index in [0.717, 1.165) is 44.9 Å². The predicted octanol–water partition coefficient (Wildman–Crippen LogP) is 1.74. The quantitative estimate of drug-likeness (QED) is 0.732. The molecule has 18 heavy (non-hydrogen) atoms. The zero-order chi connectivity index (χ0) is 13.0. The van der Waals surface area contributed by atoms with Crippen molar-refractivity contribution in [1.82, 2.24) is 10.6 Å². The van der Waals surface area contributed by atoms with Gasteiger partial charge < -0.3 is 10.6 Å². The molecular weight excluding hydrogens is 228 g/mol. The fraction of sp³-hybridized carbons (Fsp3) is 0.857. The Bertz CT molecular complexity index is 322. The van der Waals surface area contributed by atoms with Gasteiger partial charge in [-0.15, -0.1) is 0 Å². The molecule has 2 aliphatic rings. The molecule has 0 radical (unpaired) electrons. The van der Waals surface area contributed by atoms with Crippen molar-refractivity contribution in [2.24, 2.45) is 5.41 Å². The van der Waals surface area contributed by atoms with Crippen molar-refractivity contribution in [3.63, 3.8) is 0 Å². The second kappa shape index (κ2) is 5.72. The van der Waals surface area contributed by atoms with Gasteiger partial charge in [0.05, 0.1) is 0 Å². The summed E-state index contributed by atoms with van der Waals surface area (Å²) in [6.45, 7) is 2.75. The Balaban J connectivity index is 1.97. The lowest BCUT2D eigenvalue weighted by Gasteiger charge is -2.38. The van der Waals surface area contributed by atoms with Crippen molar-refractivity contribution in [1.29, 1.82) is 0 Å². The molecule has 4 heteroatoms. The van der Waals surface area contributed by atoms with Gasteiger partial charge in [-0.05, 0) is 19.3 Å². The minimum absolute atomic E-state index is 0.0372. The van der Waals surface area contributed by atoms with Crippen LogP contribution in [0.15, 0.2) is 0 Å². The van der Waals surface area contributed by atoms with Crippen LogP contribution in [-0.4, -0.2) is 24.4 Å². The molecule has 2 rings (SSSR count). The van der Waals surface area contributed by atoms with Crippen LogP contribution in [0.2, 0.25) is 0 Å². The third-order valence-electron chi connectivity index (χ3n) is 4.40. The normalized spacial score (nSPS) is 26.1. The van der Waals surface area contributed by atoms with Crippen LogP contribution >= 0.6 is 0 Å². The molecule has 2 amide bonds. The van der Waals surface area contributed by atoms with Gasteiger partial charge in [-0.25, -0.2) is 0 Å². The van der Waals surface area contributed by atoms with E-state index < -0.39 is 0 Å². The van der Waals surface area contributed by atoms with E-state index in [9.17, 15) is 9.59 Å². The molecule has 0 aromatic carbocycles. The molecule has 0 aromatic heterocycles. The van der Waals surface area contributed by atoms with Gasteiger partial charge in [0, 0.05) is 12.0 Å². The lowest BCUT2D eigenvalue weighted by atomic mass is 9.70. The highest BCUT2D eigenvalue weighted by molar-refractivity contribution is 5.93. The van der Waals surface area contributed by atoms with Gasteiger partial charge in [0.1, 0.15) is 6.04 Å². The first-order valence-electron chi connectivity index (χ1n) is 7.27. The van der Waals surface area contributed by atoms with E-state index in [1.54, 1.807) is 0 Å². The van der Waals surface area contributed by atoms with E-state index in [2.05, 4.69) is 17.6 Å². The highest BCUT2D eigenvalue weighted by atomic mass is 16.2. The number of carbonyl (C=O) groups excluding carboxylic acids is 2. The number of amides is 2. The molecule has 0 spiro atoms. The molecule has 1 aliphatic carbocycles. The zero-order valence-electron chi connectivity index (χ0n) is 11.3.